The summed E-state index contributed by atoms with van der Waals surface area (Å²) in [5.74, 6) is -0.367. The summed E-state index contributed by atoms with van der Waals surface area (Å²) in [6.07, 6.45) is 5.27. The maximum Gasteiger partial charge on any atom is 0.337 e. The van der Waals surface area contributed by atoms with Crippen LogP contribution in [0, 0.1) is 0 Å². The molecule has 3 heteroatoms. The topological polar surface area (TPSA) is 29.5 Å². The molecule has 0 amide bonds. The van der Waals surface area contributed by atoms with Crippen molar-refractivity contribution in [2.45, 2.75) is 19.8 Å². The minimum Gasteiger partial charge on any atom is -0.431 e. The van der Waals surface area contributed by atoms with Gasteiger partial charge in [-0.3, -0.25) is 0 Å². The summed E-state index contributed by atoms with van der Waals surface area (Å²) in [6.45, 7) is 6.15. The molecule has 0 heterocycles. The van der Waals surface area contributed by atoms with Gasteiger partial charge in [0.15, 0.2) is 0 Å². The van der Waals surface area contributed by atoms with E-state index in [1.54, 1.807) is 6.92 Å². The van der Waals surface area contributed by atoms with Crippen LogP contribution in [0.15, 0.2) is 24.5 Å². The fourth-order valence-corrected chi connectivity index (χ4v) is 0.804. The van der Waals surface area contributed by atoms with Crippen LogP contribution < -0.4 is 0 Å². The molecule has 0 fully saturated rings. The molecule has 14 heavy (non-hydrogen) atoms. The molecule has 0 N–H and O–H groups in total. The van der Waals surface area contributed by atoms with Gasteiger partial charge in [0.2, 0.25) is 0 Å². The first-order chi connectivity index (χ1) is 6.54. The molecule has 0 saturated carbocycles. The third-order valence-corrected chi connectivity index (χ3v) is 1.60. The van der Waals surface area contributed by atoms with Gasteiger partial charge in [-0.15, -0.1) is 0 Å². The van der Waals surface area contributed by atoms with Gasteiger partial charge in [-0.25, -0.2) is 4.79 Å². The number of ether oxygens (including phenoxy) is 1. The molecular formula is C11H19NO2. The van der Waals surface area contributed by atoms with E-state index < -0.39 is 0 Å². The number of nitrogens with zero attached hydrogens (tertiary/aromatic N) is 1. The second-order valence-corrected chi connectivity index (χ2v) is 3.50. The molecule has 0 aliphatic heterocycles. The second-order valence-electron chi connectivity index (χ2n) is 3.50. The zero-order valence-electron chi connectivity index (χ0n) is 9.25. The predicted molar refractivity (Wildman–Crippen MR) is 57.8 cm³/mol. The lowest BCUT2D eigenvalue weighted by Crippen LogP contribution is -2.12. The van der Waals surface area contributed by atoms with Crippen molar-refractivity contribution in [3.63, 3.8) is 0 Å². The van der Waals surface area contributed by atoms with Crippen LogP contribution in [-0.2, 0) is 9.53 Å². The van der Waals surface area contributed by atoms with Gasteiger partial charge in [0, 0.05) is 5.57 Å². The summed E-state index contributed by atoms with van der Waals surface area (Å²) in [7, 11) is 4.07. The van der Waals surface area contributed by atoms with Crippen molar-refractivity contribution in [3.05, 3.63) is 24.5 Å². The largest absolute Gasteiger partial charge is 0.431 e. The molecule has 0 unspecified atom stereocenters. The molecule has 0 radical (unpaired) electrons. The minimum atomic E-state index is -0.367. The van der Waals surface area contributed by atoms with Crippen LogP contribution >= 0.6 is 0 Å². The van der Waals surface area contributed by atoms with E-state index in [1.165, 1.54) is 6.26 Å². The number of allylic oxidation sites excluding steroid dienone is 1. The third-order valence-electron chi connectivity index (χ3n) is 1.60. The molecule has 3 nitrogen and oxygen atoms in total. The fraction of sp³-hybridized carbons (Fsp3) is 0.545. The summed E-state index contributed by atoms with van der Waals surface area (Å²) in [5, 5.41) is 0. The average Bonchev–Trinajstić information content (AvgIpc) is 2.09. The predicted octanol–water partition coefficient (Wildman–Crippen LogP) is 1.96. The molecular weight excluding hydrogens is 178 g/mol. The molecule has 0 aromatic rings. The first-order valence-electron chi connectivity index (χ1n) is 4.70. The summed E-state index contributed by atoms with van der Waals surface area (Å²) in [5.41, 5.74) is 0.419. The van der Waals surface area contributed by atoms with E-state index in [4.69, 9.17) is 4.74 Å². The third kappa shape index (κ3) is 7.55. The Morgan fingerprint density at radius 3 is 2.64 bits per heavy atom. The van der Waals surface area contributed by atoms with Gasteiger partial charge in [0.05, 0.1) is 6.26 Å². The Bertz CT molecular complexity index is 219. The average molecular weight is 197 g/mol. The Kier molecular flexibility index (Phi) is 6.76. The number of hydrogen-bond acceptors (Lipinski definition) is 3. The number of carbonyl (C=O) groups excluding carboxylic acids is 1. The van der Waals surface area contributed by atoms with Crippen LogP contribution in [0.3, 0.4) is 0 Å². The Morgan fingerprint density at radius 2 is 2.14 bits per heavy atom. The van der Waals surface area contributed by atoms with Crippen LogP contribution in [0.2, 0.25) is 0 Å². The Labute approximate surface area is 86.0 Å². The van der Waals surface area contributed by atoms with Crippen molar-refractivity contribution in [1.82, 2.24) is 4.90 Å². The van der Waals surface area contributed by atoms with Crippen molar-refractivity contribution in [3.8, 4) is 0 Å². The Hall–Kier alpha value is -1.09. The summed E-state index contributed by atoms with van der Waals surface area (Å²) in [4.78, 5) is 13.0. The Balaban J connectivity index is 3.45. The highest BCUT2D eigenvalue weighted by Crippen LogP contribution is 1.96. The zero-order valence-corrected chi connectivity index (χ0v) is 9.25. The Morgan fingerprint density at radius 1 is 1.50 bits per heavy atom. The summed E-state index contributed by atoms with van der Waals surface area (Å²) < 4.78 is 4.78. The number of esters is 1. The standard InChI is InChI=1S/C11H19NO2/c1-10(2)11(13)14-9-7-5-6-8-12(3)4/h7,9H,1,5-6,8H2,2-4H3. The lowest BCUT2D eigenvalue weighted by molar-refractivity contribution is -0.133. The molecule has 0 aliphatic carbocycles. The smallest absolute Gasteiger partial charge is 0.337 e. The van der Waals surface area contributed by atoms with Crippen LogP contribution in [0.1, 0.15) is 19.8 Å². The normalized spacial score (nSPS) is 10.9. The maximum atomic E-state index is 10.9. The van der Waals surface area contributed by atoms with E-state index in [-0.39, 0.29) is 5.97 Å². The van der Waals surface area contributed by atoms with Gasteiger partial charge >= 0.3 is 5.97 Å². The molecule has 0 aromatic heterocycles. The SMILES string of the molecule is C=C(C)C(=O)OC=CCCCN(C)C. The van der Waals surface area contributed by atoms with Gasteiger partial charge in [0.25, 0.3) is 0 Å². The first-order valence-corrected chi connectivity index (χ1v) is 4.70. The molecule has 80 valence electrons. The molecule has 0 saturated heterocycles. The van der Waals surface area contributed by atoms with E-state index in [0.29, 0.717) is 5.57 Å². The molecule has 0 spiro atoms. The van der Waals surface area contributed by atoms with Crippen molar-refractivity contribution in [2.75, 3.05) is 20.6 Å². The molecule has 0 bridgehead atoms. The lowest BCUT2D eigenvalue weighted by atomic mass is 10.3. The number of rotatable bonds is 6. The van der Waals surface area contributed by atoms with Gasteiger partial charge in [0.1, 0.15) is 0 Å². The summed E-state index contributed by atoms with van der Waals surface area (Å²) in [6, 6.07) is 0. The quantitative estimate of drug-likeness (QED) is 0.282. The van der Waals surface area contributed by atoms with Gasteiger partial charge in [-0.05, 0) is 46.5 Å². The number of unbranched alkanes of at least 4 members (excludes halogenated alkanes) is 1. The molecule has 0 atom stereocenters. The van der Waals surface area contributed by atoms with Crippen molar-refractivity contribution < 1.29 is 9.53 Å². The van der Waals surface area contributed by atoms with Crippen LogP contribution in [0.4, 0.5) is 0 Å². The highest BCUT2D eigenvalue weighted by Gasteiger charge is 1.98. The highest BCUT2D eigenvalue weighted by atomic mass is 16.5. The van der Waals surface area contributed by atoms with E-state index in [1.807, 2.05) is 20.2 Å². The second kappa shape index (κ2) is 7.33. The van der Waals surface area contributed by atoms with Gasteiger partial charge < -0.3 is 9.64 Å². The first kappa shape index (κ1) is 12.9. The molecule has 0 aromatic carbocycles. The molecule has 0 rings (SSSR count). The number of hydrogen-bond donors (Lipinski definition) is 0. The van der Waals surface area contributed by atoms with E-state index in [2.05, 4.69) is 11.5 Å². The lowest BCUT2D eigenvalue weighted by Gasteiger charge is -2.06. The van der Waals surface area contributed by atoms with Crippen LogP contribution in [0.5, 0.6) is 0 Å². The van der Waals surface area contributed by atoms with Crippen molar-refractivity contribution >= 4 is 5.97 Å². The van der Waals surface area contributed by atoms with Crippen molar-refractivity contribution in [2.24, 2.45) is 0 Å². The monoisotopic (exact) mass is 197 g/mol. The van der Waals surface area contributed by atoms with Gasteiger partial charge in [-0.2, -0.15) is 0 Å². The number of carbonyl (C=O) groups is 1. The van der Waals surface area contributed by atoms with Crippen LogP contribution in [-0.4, -0.2) is 31.5 Å². The van der Waals surface area contributed by atoms with Crippen molar-refractivity contribution in [1.29, 1.82) is 0 Å². The van der Waals surface area contributed by atoms with Crippen LogP contribution in [0.25, 0.3) is 0 Å². The van der Waals surface area contributed by atoms with E-state index >= 15 is 0 Å². The highest BCUT2D eigenvalue weighted by molar-refractivity contribution is 5.87. The van der Waals surface area contributed by atoms with E-state index in [0.717, 1.165) is 19.4 Å². The summed E-state index contributed by atoms with van der Waals surface area (Å²) >= 11 is 0. The zero-order chi connectivity index (χ0) is 11.0. The maximum absolute atomic E-state index is 10.9. The minimum absolute atomic E-state index is 0.367. The van der Waals surface area contributed by atoms with E-state index in [9.17, 15) is 4.79 Å². The fourth-order valence-electron chi connectivity index (χ4n) is 0.804. The molecule has 0 aliphatic rings. The van der Waals surface area contributed by atoms with Gasteiger partial charge in [-0.1, -0.05) is 6.58 Å².